The topological polar surface area (TPSA) is 88.4 Å². The van der Waals surface area contributed by atoms with Crippen LogP contribution in [0.15, 0.2) is 48.7 Å². The van der Waals surface area contributed by atoms with Crippen molar-refractivity contribution >= 4 is 23.1 Å². The van der Waals surface area contributed by atoms with Gasteiger partial charge in [-0.1, -0.05) is 6.07 Å². The van der Waals surface area contributed by atoms with E-state index in [2.05, 4.69) is 20.8 Å². The second-order valence-corrected chi connectivity index (χ2v) is 5.31. The van der Waals surface area contributed by atoms with Crippen molar-refractivity contribution in [1.82, 2.24) is 19.9 Å². The van der Waals surface area contributed by atoms with Gasteiger partial charge in [-0.25, -0.2) is 0 Å². The number of carbonyl (C=O) groups excluding carboxylic acids is 2. The minimum absolute atomic E-state index is 0.146. The molecule has 0 radical (unpaired) electrons. The summed E-state index contributed by atoms with van der Waals surface area (Å²) >= 11 is 0. The van der Waals surface area contributed by atoms with Crippen LogP contribution >= 0.6 is 0 Å². The Kier molecular flexibility index (Phi) is 4.51. The van der Waals surface area contributed by atoms with Crippen molar-refractivity contribution in [1.29, 1.82) is 0 Å². The number of pyridine rings is 1. The fraction of sp³-hybridized carbons (Fsp3) is 0.176. The number of fused-ring (bicyclic) bond motifs is 1. The maximum Gasteiger partial charge on any atom is 0.251 e. The molecule has 0 aliphatic rings. The lowest BCUT2D eigenvalue weighted by atomic mass is 10.2. The first-order chi connectivity index (χ1) is 11.6. The van der Waals surface area contributed by atoms with Gasteiger partial charge >= 0.3 is 0 Å². The standard InChI is InChI=1S/C17H17N5O2/c1-12(23)19-14-7-5-13(6-8-14)17(24)18-10-9-16-21-20-15-4-2-3-11-22(15)16/h2-8,11H,9-10H2,1H3,(H,18,24)(H,19,23). The van der Waals surface area contributed by atoms with Crippen LogP contribution in [0.5, 0.6) is 0 Å². The number of hydrogen-bond acceptors (Lipinski definition) is 4. The molecule has 122 valence electrons. The first kappa shape index (κ1) is 15.7. The molecule has 7 heteroatoms. The van der Waals surface area contributed by atoms with Crippen molar-refractivity contribution in [2.45, 2.75) is 13.3 Å². The average Bonchev–Trinajstić information content (AvgIpc) is 2.98. The van der Waals surface area contributed by atoms with Crippen LogP contribution in [0.3, 0.4) is 0 Å². The van der Waals surface area contributed by atoms with E-state index in [1.807, 2.05) is 28.8 Å². The van der Waals surface area contributed by atoms with E-state index in [0.717, 1.165) is 11.5 Å². The molecule has 1 aromatic carbocycles. The van der Waals surface area contributed by atoms with Crippen LogP contribution < -0.4 is 10.6 Å². The molecular formula is C17H17N5O2. The summed E-state index contributed by atoms with van der Waals surface area (Å²) in [4.78, 5) is 23.1. The fourth-order valence-electron chi connectivity index (χ4n) is 2.36. The Morgan fingerprint density at radius 3 is 2.62 bits per heavy atom. The van der Waals surface area contributed by atoms with Gasteiger partial charge in [0.15, 0.2) is 5.65 Å². The molecule has 0 unspecified atom stereocenters. The predicted octanol–water partition coefficient (Wildman–Crippen LogP) is 1.66. The van der Waals surface area contributed by atoms with Crippen molar-refractivity contribution in [3.8, 4) is 0 Å². The van der Waals surface area contributed by atoms with Gasteiger partial charge in [0.05, 0.1) is 0 Å². The quantitative estimate of drug-likeness (QED) is 0.747. The summed E-state index contributed by atoms with van der Waals surface area (Å²) in [6.45, 7) is 1.90. The average molecular weight is 323 g/mol. The van der Waals surface area contributed by atoms with E-state index < -0.39 is 0 Å². The van der Waals surface area contributed by atoms with Crippen molar-refractivity contribution in [2.24, 2.45) is 0 Å². The van der Waals surface area contributed by atoms with Crippen molar-refractivity contribution in [3.63, 3.8) is 0 Å². The minimum Gasteiger partial charge on any atom is -0.352 e. The van der Waals surface area contributed by atoms with Gasteiger partial charge in [-0.15, -0.1) is 10.2 Å². The van der Waals surface area contributed by atoms with E-state index in [-0.39, 0.29) is 11.8 Å². The molecule has 2 aromatic heterocycles. The summed E-state index contributed by atoms with van der Waals surface area (Å²) in [5.41, 5.74) is 1.98. The highest BCUT2D eigenvalue weighted by molar-refractivity contribution is 5.95. The molecule has 0 aliphatic heterocycles. The molecule has 3 rings (SSSR count). The Labute approximate surface area is 138 Å². The Hall–Kier alpha value is -3.22. The van der Waals surface area contributed by atoms with Gasteiger partial charge in [0, 0.05) is 37.3 Å². The molecule has 0 atom stereocenters. The molecule has 0 bridgehead atoms. The van der Waals surface area contributed by atoms with Gasteiger partial charge in [-0.3, -0.25) is 14.0 Å². The zero-order valence-corrected chi connectivity index (χ0v) is 13.2. The molecule has 2 heterocycles. The minimum atomic E-state index is -0.168. The lowest BCUT2D eigenvalue weighted by Crippen LogP contribution is -2.26. The van der Waals surface area contributed by atoms with E-state index in [1.165, 1.54) is 6.92 Å². The number of nitrogens with one attached hydrogen (secondary N) is 2. The van der Waals surface area contributed by atoms with Crippen LogP contribution in [0, 0.1) is 0 Å². The highest BCUT2D eigenvalue weighted by Crippen LogP contribution is 2.09. The largest absolute Gasteiger partial charge is 0.352 e. The summed E-state index contributed by atoms with van der Waals surface area (Å²) in [6.07, 6.45) is 2.48. The summed E-state index contributed by atoms with van der Waals surface area (Å²) in [5, 5.41) is 13.7. The number of anilines is 1. The van der Waals surface area contributed by atoms with E-state index in [9.17, 15) is 9.59 Å². The number of benzene rings is 1. The highest BCUT2D eigenvalue weighted by Gasteiger charge is 2.08. The second-order valence-electron chi connectivity index (χ2n) is 5.31. The van der Waals surface area contributed by atoms with E-state index >= 15 is 0 Å². The van der Waals surface area contributed by atoms with Crippen LogP contribution in [-0.2, 0) is 11.2 Å². The van der Waals surface area contributed by atoms with Crippen molar-refractivity contribution in [3.05, 3.63) is 60.0 Å². The lowest BCUT2D eigenvalue weighted by Gasteiger charge is -2.06. The summed E-state index contributed by atoms with van der Waals surface area (Å²) in [7, 11) is 0. The highest BCUT2D eigenvalue weighted by atomic mass is 16.2. The Balaban J connectivity index is 1.56. The second kappa shape index (κ2) is 6.91. The third-order valence-electron chi connectivity index (χ3n) is 3.49. The number of carbonyl (C=O) groups is 2. The van der Waals surface area contributed by atoms with Gasteiger partial charge in [0.1, 0.15) is 5.82 Å². The maximum atomic E-state index is 12.1. The van der Waals surface area contributed by atoms with Crippen molar-refractivity contribution < 1.29 is 9.59 Å². The maximum absolute atomic E-state index is 12.1. The number of hydrogen-bond donors (Lipinski definition) is 2. The number of amides is 2. The molecule has 0 saturated heterocycles. The van der Waals surface area contributed by atoms with Gasteiger partial charge < -0.3 is 10.6 Å². The van der Waals surface area contributed by atoms with E-state index in [4.69, 9.17) is 0 Å². The predicted molar refractivity (Wildman–Crippen MR) is 89.8 cm³/mol. The smallest absolute Gasteiger partial charge is 0.251 e. The van der Waals surface area contributed by atoms with Gasteiger partial charge in [0.2, 0.25) is 5.91 Å². The molecule has 2 N–H and O–H groups in total. The number of rotatable bonds is 5. The van der Waals surface area contributed by atoms with Crippen LogP contribution in [0.4, 0.5) is 5.69 Å². The number of aromatic nitrogens is 3. The summed E-state index contributed by atoms with van der Waals surface area (Å²) in [6, 6.07) is 12.4. The third kappa shape index (κ3) is 3.57. The monoisotopic (exact) mass is 323 g/mol. The van der Waals surface area contributed by atoms with Crippen LogP contribution in [0.2, 0.25) is 0 Å². The van der Waals surface area contributed by atoms with Gasteiger partial charge in [-0.2, -0.15) is 0 Å². The summed E-state index contributed by atoms with van der Waals surface area (Å²) in [5.74, 6) is 0.484. The molecule has 3 aromatic rings. The zero-order chi connectivity index (χ0) is 16.9. The molecule has 0 spiro atoms. The van der Waals surface area contributed by atoms with Gasteiger partial charge in [0.25, 0.3) is 5.91 Å². The Bertz CT molecular complexity index is 870. The fourth-order valence-corrected chi connectivity index (χ4v) is 2.36. The lowest BCUT2D eigenvalue weighted by molar-refractivity contribution is -0.114. The van der Waals surface area contributed by atoms with E-state index in [0.29, 0.717) is 24.2 Å². The Morgan fingerprint density at radius 1 is 1.08 bits per heavy atom. The molecule has 0 aliphatic carbocycles. The molecule has 2 amide bonds. The van der Waals surface area contributed by atoms with Crippen LogP contribution in [-0.4, -0.2) is 33.0 Å². The van der Waals surface area contributed by atoms with Gasteiger partial charge in [-0.05, 0) is 36.4 Å². The first-order valence-electron chi connectivity index (χ1n) is 7.58. The van der Waals surface area contributed by atoms with Crippen molar-refractivity contribution in [2.75, 3.05) is 11.9 Å². The SMILES string of the molecule is CC(=O)Nc1ccc(C(=O)NCCc2nnc3ccccn23)cc1. The van der Waals surface area contributed by atoms with Crippen LogP contribution in [0.25, 0.3) is 5.65 Å². The van der Waals surface area contributed by atoms with Crippen LogP contribution in [0.1, 0.15) is 23.1 Å². The van der Waals surface area contributed by atoms with E-state index in [1.54, 1.807) is 24.3 Å². The molecule has 24 heavy (non-hydrogen) atoms. The Morgan fingerprint density at radius 2 is 1.88 bits per heavy atom. The number of nitrogens with zero attached hydrogens (tertiary/aromatic N) is 3. The normalized spacial score (nSPS) is 10.5. The molecule has 0 fully saturated rings. The zero-order valence-electron chi connectivity index (χ0n) is 13.2. The summed E-state index contributed by atoms with van der Waals surface area (Å²) < 4.78 is 1.90. The first-order valence-corrected chi connectivity index (χ1v) is 7.58. The molecule has 7 nitrogen and oxygen atoms in total. The third-order valence-corrected chi connectivity index (χ3v) is 3.49. The molecular weight excluding hydrogens is 306 g/mol. The molecule has 0 saturated carbocycles.